The highest BCUT2D eigenvalue weighted by Crippen LogP contribution is 2.39. The fourth-order valence-corrected chi connectivity index (χ4v) is 3.60. The van der Waals surface area contributed by atoms with Gasteiger partial charge in [0, 0.05) is 22.6 Å². The molecule has 0 bridgehead atoms. The Hall–Kier alpha value is -2.08. The van der Waals surface area contributed by atoms with Gasteiger partial charge in [-0.05, 0) is 36.8 Å². The van der Waals surface area contributed by atoms with Crippen molar-refractivity contribution in [2.75, 3.05) is 11.6 Å². The number of thioether (sulfide) groups is 1. The molecule has 1 aromatic carbocycles. The van der Waals surface area contributed by atoms with Crippen LogP contribution in [0.4, 0.5) is 5.95 Å². The van der Waals surface area contributed by atoms with Gasteiger partial charge in [0.25, 0.3) is 0 Å². The van der Waals surface area contributed by atoms with Crippen LogP contribution in [0.3, 0.4) is 0 Å². The van der Waals surface area contributed by atoms with Gasteiger partial charge in [0.2, 0.25) is 5.95 Å². The van der Waals surface area contributed by atoms with Crippen LogP contribution in [-0.4, -0.2) is 26.8 Å². The van der Waals surface area contributed by atoms with Crippen molar-refractivity contribution in [2.45, 2.75) is 30.2 Å². The van der Waals surface area contributed by atoms with Crippen molar-refractivity contribution >= 4 is 23.5 Å². The highest BCUT2D eigenvalue weighted by molar-refractivity contribution is 7.98. The number of nitrogens with one attached hydrogen (secondary N) is 1. The Kier molecular flexibility index (Phi) is 3.26. The molecule has 2 aromatic rings. The number of carbonyl (C=O) groups excluding carboxylic acids is 1. The zero-order valence-electron chi connectivity index (χ0n) is 12.2. The second-order valence-electron chi connectivity index (χ2n) is 5.50. The lowest BCUT2D eigenvalue weighted by molar-refractivity contribution is -0.116. The average molecular weight is 312 g/mol. The lowest BCUT2D eigenvalue weighted by atomic mass is 9.85. The molecule has 0 radical (unpaired) electrons. The maximum atomic E-state index is 12.5. The number of nitrogens with zero attached hydrogens (tertiary/aromatic N) is 3. The number of hydrogen-bond acceptors (Lipinski definition) is 5. The van der Waals surface area contributed by atoms with Gasteiger partial charge in [0.15, 0.2) is 5.78 Å². The Balaban J connectivity index is 1.86. The van der Waals surface area contributed by atoms with Crippen molar-refractivity contribution in [2.24, 2.45) is 0 Å². The van der Waals surface area contributed by atoms with E-state index in [4.69, 9.17) is 0 Å². The first-order valence-corrected chi connectivity index (χ1v) is 8.57. The first kappa shape index (κ1) is 13.6. The van der Waals surface area contributed by atoms with Crippen LogP contribution in [0.5, 0.6) is 0 Å². The lowest BCUT2D eigenvalue weighted by Crippen LogP contribution is -2.31. The van der Waals surface area contributed by atoms with Gasteiger partial charge in [-0.25, -0.2) is 4.68 Å². The summed E-state index contributed by atoms with van der Waals surface area (Å²) in [7, 11) is 0. The maximum absolute atomic E-state index is 12.5. The number of ketones is 1. The van der Waals surface area contributed by atoms with Crippen LogP contribution >= 0.6 is 11.8 Å². The van der Waals surface area contributed by atoms with Crippen molar-refractivity contribution in [3.63, 3.8) is 0 Å². The number of benzene rings is 1. The Labute approximate surface area is 132 Å². The predicted molar refractivity (Wildman–Crippen MR) is 85.9 cm³/mol. The van der Waals surface area contributed by atoms with Crippen molar-refractivity contribution in [3.05, 3.63) is 47.4 Å². The van der Waals surface area contributed by atoms with Crippen LogP contribution in [-0.2, 0) is 4.79 Å². The van der Waals surface area contributed by atoms with Crippen LogP contribution < -0.4 is 5.32 Å². The molecule has 112 valence electrons. The average Bonchev–Trinajstić information content (AvgIpc) is 3.01. The Morgan fingerprint density at radius 1 is 1.27 bits per heavy atom. The van der Waals surface area contributed by atoms with E-state index in [1.807, 2.05) is 4.68 Å². The topological polar surface area (TPSA) is 59.8 Å². The minimum absolute atomic E-state index is 0.169. The minimum atomic E-state index is -0.169. The molecule has 5 nitrogen and oxygen atoms in total. The Morgan fingerprint density at radius 2 is 2.09 bits per heavy atom. The third-order valence-electron chi connectivity index (χ3n) is 4.24. The summed E-state index contributed by atoms with van der Waals surface area (Å²) in [5, 5.41) is 7.61. The van der Waals surface area contributed by atoms with E-state index in [0.717, 1.165) is 29.7 Å². The number of allylic oxidation sites excluding steroid dienone is 2. The largest absolute Gasteiger partial charge is 0.328 e. The van der Waals surface area contributed by atoms with Crippen molar-refractivity contribution in [3.8, 4) is 0 Å². The predicted octanol–water partition coefficient (Wildman–Crippen LogP) is 3.02. The Bertz CT molecular complexity index is 763. The van der Waals surface area contributed by atoms with Crippen molar-refractivity contribution < 1.29 is 4.79 Å². The van der Waals surface area contributed by atoms with Gasteiger partial charge in [-0.2, -0.15) is 10.1 Å². The maximum Gasteiger partial charge on any atom is 0.226 e. The third-order valence-corrected chi connectivity index (χ3v) is 4.99. The molecule has 0 amide bonds. The van der Waals surface area contributed by atoms with Crippen molar-refractivity contribution in [1.29, 1.82) is 0 Å². The first-order valence-electron chi connectivity index (χ1n) is 7.34. The molecular formula is C16H16N4OS. The quantitative estimate of drug-likeness (QED) is 0.864. The molecule has 1 aliphatic heterocycles. The summed E-state index contributed by atoms with van der Waals surface area (Å²) < 4.78 is 1.82. The molecule has 1 aromatic heterocycles. The first-order chi connectivity index (χ1) is 10.8. The van der Waals surface area contributed by atoms with Crippen LogP contribution in [0.25, 0.3) is 0 Å². The van der Waals surface area contributed by atoms with Crippen LogP contribution in [0.2, 0.25) is 0 Å². The molecule has 1 unspecified atom stereocenters. The fraction of sp³-hybridized carbons (Fsp3) is 0.312. The van der Waals surface area contributed by atoms with Gasteiger partial charge in [-0.3, -0.25) is 4.79 Å². The molecule has 4 rings (SSSR count). The van der Waals surface area contributed by atoms with Crippen LogP contribution in [0, 0.1) is 0 Å². The number of fused-ring (bicyclic) bond motifs is 1. The zero-order valence-corrected chi connectivity index (χ0v) is 13.1. The number of aromatic nitrogens is 3. The van der Waals surface area contributed by atoms with E-state index in [2.05, 4.69) is 45.9 Å². The van der Waals surface area contributed by atoms with Crippen LogP contribution in [0.15, 0.2) is 46.8 Å². The van der Waals surface area contributed by atoms with E-state index in [-0.39, 0.29) is 11.8 Å². The van der Waals surface area contributed by atoms with Gasteiger partial charge in [0.1, 0.15) is 12.4 Å². The van der Waals surface area contributed by atoms with Crippen LogP contribution in [0.1, 0.15) is 30.9 Å². The molecular weight excluding hydrogens is 296 g/mol. The summed E-state index contributed by atoms with van der Waals surface area (Å²) in [5.41, 5.74) is 2.94. The monoisotopic (exact) mass is 312 g/mol. The summed E-state index contributed by atoms with van der Waals surface area (Å²) in [5.74, 6) is 0.932. The lowest BCUT2D eigenvalue weighted by Gasteiger charge is -2.32. The van der Waals surface area contributed by atoms with Gasteiger partial charge in [0.05, 0.1) is 0 Å². The molecule has 0 saturated heterocycles. The summed E-state index contributed by atoms with van der Waals surface area (Å²) in [6.45, 7) is 0. The smallest absolute Gasteiger partial charge is 0.226 e. The molecule has 1 atom stereocenters. The fourth-order valence-electron chi connectivity index (χ4n) is 3.19. The highest BCUT2D eigenvalue weighted by Gasteiger charge is 2.35. The molecule has 0 spiro atoms. The van der Waals surface area contributed by atoms with E-state index in [9.17, 15) is 4.79 Å². The van der Waals surface area contributed by atoms with Gasteiger partial charge >= 0.3 is 0 Å². The molecule has 2 aliphatic rings. The number of Topliss-reactive ketones (excluding diaryl/α,β-unsaturated/α-hetero) is 1. The van der Waals surface area contributed by atoms with Gasteiger partial charge in [-0.15, -0.1) is 11.8 Å². The van der Waals surface area contributed by atoms with Gasteiger partial charge in [-0.1, -0.05) is 12.1 Å². The SMILES string of the molecule is CSc1ccc(C2C3=C(CCCC3=O)Nc3ncnn32)cc1. The number of rotatable bonds is 2. The van der Waals surface area contributed by atoms with Gasteiger partial charge < -0.3 is 5.32 Å². The van der Waals surface area contributed by atoms with E-state index in [1.54, 1.807) is 11.8 Å². The minimum Gasteiger partial charge on any atom is -0.328 e. The third kappa shape index (κ3) is 2.06. The molecule has 1 aliphatic carbocycles. The molecule has 6 heteroatoms. The summed E-state index contributed by atoms with van der Waals surface area (Å²) in [6, 6.07) is 8.18. The number of hydrogen-bond donors (Lipinski definition) is 1. The molecule has 2 heterocycles. The van der Waals surface area contributed by atoms with E-state index in [0.29, 0.717) is 12.4 Å². The molecule has 0 fully saturated rings. The van der Waals surface area contributed by atoms with E-state index < -0.39 is 0 Å². The zero-order chi connectivity index (χ0) is 15.1. The normalized spacial score (nSPS) is 20.4. The molecule has 22 heavy (non-hydrogen) atoms. The summed E-state index contributed by atoms with van der Waals surface area (Å²) in [4.78, 5) is 18.0. The van der Waals surface area contributed by atoms with E-state index >= 15 is 0 Å². The number of anilines is 1. The van der Waals surface area contributed by atoms with E-state index in [1.165, 1.54) is 11.2 Å². The molecule has 1 N–H and O–H groups in total. The summed E-state index contributed by atoms with van der Waals surface area (Å²) >= 11 is 1.71. The standard InChI is InChI=1S/C16H16N4OS/c1-22-11-7-5-10(6-8-11)15-14-12(3-2-4-13(14)21)19-16-17-9-18-20(15)16/h5-9,15H,2-4H2,1H3,(H,17,18,19). The highest BCUT2D eigenvalue weighted by atomic mass is 32.2. The Morgan fingerprint density at radius 3 is 2.86 bits per heavy atom. The molecule has 0 saturated carbocycles. The summed E-state index contributed by atoms with van der Waals surface area (Å²) in [6.07, 6.45) is 6.00. The second kappa shape index (κ2) is 5.28. The second-order valence-corrected chi connectivity index (χ2v) is 6.38. The number of carbonyl (C=O) groups is 1. The van der Waals surface area contributed by atoms with Crippen molar-refractivity contribution in [1.82, 2.24) is 14.8 Å².